The van der Waals surface area contributed by atoms with E-state index in [1.165, 1.54) is 0 Å². The number of amides is 2. The van der Waals surface area contributed by atoms with Gasteiger partial charge in [0.15, 0.2) is 5.96 Å². The number of hydrogen-bond acceptors (Lipinski definition) is 7. The van der Waals surface area contributed by atoms with E-state index < -0.39 is 42.0 Å². The van der Waals surface area contributed by atoms with Crippen molar-refractivity contribution >= 4 is 51.5 Å². The molecule has 0 heterocycles. The van der Waals surface area contributed by atoms with E-state index in [4.69, 9.17) is 36.9 Å². The van der Waals surface area contributed by atoms with Gasteiger partial charge in [-0.1, -0.05) is 71.6 Å². The zero-order valence-corrected chi connectivity index (χ0v) is 30.6. The minimum Gasteiger partial charge on any atom is -0.475 e. The minimum atomic E-state index is -5.08. The van der Waals surface area contributed by atoms with Crippen LogP contribution < -0.4 is 27.4 Å². The van der Waals surface area contributed by atoms with Gasteiger partial charge < -0.3 is 37.3 Å². The zero-order chi connectivity index (χ0) is 39.0. The predicted molar refractivity (Wildman–Crippen MR) is 193 cm³/mol. The van der Waals surface area contributed by atoms with Crippen LogP contribution in [0, 0.1) is 16.7 Å². The van der Waals surface area contributed by atoms with Crippen LogP contribution in [0.25, 0.3) is 0 Å². The predicted octanol–water partition coefficient (Wildman–Crippen LogP) is 4.46. The summed E-state index contributed by atoms with van der Waals surface area (Å²) in [6.07, 6.45) is 0.220. The Morgan fingerprint density at radius 1 is 0.981 bits per heavy atom. The molecule has 0 saturated heterocycles. The van der Waals surface area contributed by atoms with E-state index >= 15 is 0 Å². The van der Waals surface area contributed by atoms with Gasteiger partial charge in [-0.05, 0) is 75.1 Å². The summed E-state index contributed by atoms with van der Waals surface area (Å²) in [6, 6.07) is 13.0. The number of nitrogens with one attached hydrogen (secondary N) is 5. The molecule has 1 unspecified atom stereocenters. The van der Waals surface area contributed by atoms with Gasteiger partial charge in [0.25, 0.3) is 0 Å². The largest absolute Gasteiger partial charge is 0.490 e. The number of guanidine groups is 1. The highest BCUT2D eigenvalue weighted by Gasteiger charge is 2.38. The highest BCUT2D eigenvalue weighted by molar-refractivity contribution is 9.10. The molecule has 1 saturated carbocycles. The summed E-state index contributed by atoms with van der Waals surface area (Å²) in [6.45, 7) is 3.85. The van der Waals surface area contributed by atoms with E-state index in [1.807, 2.05) is 36.4 Å². The number of amidine groups is 1. The maximum atomic E-state index is 14.1. The normalized spacial score (nSPS) is 14.8. The lowest BCUT2D eigenvalue weighted by atomic mass is 9.82. The number of carbonyl (C=O) groups is 4. The summed E-state index contributed by atoms with van der Waals surface area (Å²) in [5, 5.41) is 30.9. The summed E-state index contributed by atoms with van der Waals surface area (Å²) in [4.78, 5) is 50.0. The monoisotopic (exact) mass is 797 g/mol. The highest BCUT2D eigenvalue weighted by Crippen LogP contribution is 2.29. The number of hydrogen-bond donors (Lipinski definition) is 8. The van der Waals surface area contributed by atoms with Gasteiger partial charge in [0.1, 0.15) is 17.9 Å². The molecule has 10 N–H and O–H groups in total. The number of rotatable bonds is 15. The van der Waals surface area contributed by atoms with Gasteiger partial charge >= 0.3 is 18.1 Å². The third kappa shape index (κ3) is 15.3. The molecule has 3 rings (SSSR count). The molecule has 286 valence electrons. The van der Waals surface area contributed by atoms with Crippen molar-refractivity contribution in [3.8, 4) is 0 Å². The molecule has 1 aliphatic carbocycles. The first-order chi connectivity index (χ1) is 24.4. The Balaban J connectivity index is 0.00000121. The maximum Gasteiger partial charge on any atom is 0.490 e. The summed E-state index contributed by atoms with van der Waals surface area (Å²) < 4.78 is 38.0. The number of aliphatic carboxylic acids is 1. The number of nitrogen functional groups attached to an aromatic ring is 1. The molecule has 0 radical (unpaired) electrons. The van der Waals surface area contributed by atoms with Crippen molar-refractivity contribution in [2.45, 2.75) is 95.5 Å². The number of alkyl halides is 3. The van der Waals surface area contributed by atoms with Crippen LogP contribution in [0.15, 0.2) is 53.0 Å². The highest BCUT2D eigenvalue weighted by atomic mass is 79.9. The summed E-state index contributed by atoms with van der Waals surface area (Å²) in [5.74, 6) is -4.90. The van der Waals surface area contributed by atoms with Gasteiger partial charge in [-0.3, -0.25) is 20.4 Å². The Hall–Kier alpha value is -4.67. The molecule has 1 fully saturated rings. The molecule has 13 nitrogen and oxygen atoms in total. The van der Waals surface area contributed by atoms with Crippen molar-refractivity contribution in [2.75, 3.05) is 6.54 Å². The van der Waals surface area contributed by atoms with E-state index in [1.54, 1.807) is 26.0 Å². The third-order valence-corrected chi connectivity index (χ3v) is 8.65. The summed E-state index contributed by atoms with van der Waals surface area (Å²) in [7, 11) is 0. The number of carboxylic acids is 1. The van der Waals surface area contributed by atoms with Crippen molar-refractivity contribution in [3.05, 3.63) is 69.7 Å². The molecular weight excluding hydrogens is 751 g/mol. The number of esters is 1. The number of benzene rings is 2. The number of halogens is 4. The fourth-order valence-corrected chi connectivity index (χ4v) is 6.03. The number of carboxylic acid groups (broad SMARTS) is 1. The number of nitrogens with two attached hydrogens (primary N) is 2. The standard InChI is InChI=1S/C33H46BrN7O4.C2HF3O2/c1-20(2)45-32(44)27(12-7-17-39-33(37)38)40-31(43)28(22-8-4-3-5-9-22)41-30(42)26(24-10-6-11-25(34)19-24)18-21-13-15-23(16-14-21)29(35)36;3-2(4,5)1(6)7/h6,10-11,13-16,19-20,22,26-28H,3-5,7-9,12,17-18H2,1-2H3,(H3,35,36)(H,40,43)(H,41,42)(H4,37,38,39);(H,6,7)/t26?,27-,28-;/m0./s1. The van der Waals surface area contributed by atoms with Crippen molar-refractivity contribution in [2.24, 2.45) is 17.4 Å². The average molecular weight is 799 g/mol. The first-order valence-electron chi connectivity index (χ1n) is 16.8. The Bertz CT molecular complexity index is 1540. The van der Waals surface area contributed by atoms with Crippen LogP contribution in [-0.2, 0) is 30.3 Å². The quantitative estimate of drug-likeness (QED) is 0.0549. The van der Waals surface area contributed by atoms with Crippen molar-refractivity contribution in [1.82, 2.24) is 16.0 Å². The fourth-order valence-electron chi connectivity index (χ4n) is 5.61. The summed E-state index contributed by atoms with van der Waals surface area (Å²) in [5.41, 5.74) is 13.3. The van der Waals surface area contributed by atoms with Crippen molar-refractivity contribution < 1.29 is 42.2 Å². The van der Waals surface area contributed by atoms with Gasteiger partial charge in [0, 0.05) is 16.6 Å². The van der Waals surface area contributed by atoms with Crippen LogP contribution in [0.4, 0.5) is 13.2 Å². The second kappa shape index (κ2) is 21.0. The van der Waals surface area contributed by atoms with Gasteiger partial charge in [-0.2, -0.15) is 13.2 Å². The van der Waals surface area contributed by atoms with Crippen molar-refractivity contribution in [1.29, 1.82) is 10.8 Å². The van der Waals surface area contributed by atoms with Crippen LogP contribution in [0.2, 0.25) is 0 Å². The van der Waals surface area contributed by atoms with Crippen LogP contribution >= 0.6 is 15.9 Å². The lowest BCUT2D eigenvalue weighted by Crippen LogP contribution is -2.56. The molecule has 0 aliphatic heterocycles. The second-order valence-corrected chi connectivity index (χ2v) is 13.6. The molecule has 1 aliphatic rings. The van der Waals surface area contributed by atoms with E-state index in [2.05, 4.69) is 31.9 Å². The van der Waals surface area contributed by atoms with Gasteiger partial charge in [0.05, 0.1) is 12.0 Å². The van der Waals surface area contributed by atoms with Crippen LogP contribution in [-0.4, -0.2) is 71.6 Å². The van der Waals surface area contributed by atoms with Crippen LogP contribution in [0.1, 0.15) is 81.4 Å². The molecule has 17 heteroatoms. The van der Waals surface area contributed by atoms with E-state index in [-0.39, 0.29) is 36.1 Å². The summed E-state index contributed by atoms with van der Waals surface area (Å²) >= 11 is 3.52. The lowest BCUT2D eigenvalue weighted by molar-refractivity contribution is -0.192. The Kier molecular flexibility index (Phi) is 17.6. The molecule has 0 spiro atoms. The first kappa shape index (κ1) is 43.5. The van der Waals surface area contributed by atoms with Crippen molar-refractivity contribution in [3.63, 3.8) is 0 Å². The van der Waals surface area contributed by atoms with Gasteiger partial charge in [-0.15, -0.1) is 0 Å². The Morgan fingerprint density at radius 3 is 2.12 bits per heavy atom. The van der Waals surface area contributed by atoms with Crippen LogP contribution in [0.5, 0.6) is 0 Å². The Morgan fingerprint density at radius 2 is 1.60 bits per heavy atom. The topological polar surface area (TPSA) is 234 Å². The van der Waals surface area contributed by atoms with E-state index in [0.29, 0.717) is 24.9 Å². The van der Waals surface area contributed by atoms with Gasteiger partial charge in [-0.25, -0.2) is 9.59 Å². The molecule has 0 aromatic heterocycles. The SMILES string of the molecule is CC(C)OC(=O)[C@H](CCCNC(=N)N)NC(=O)[C@@H](NC(=O)C(Cc1ccc(C(=N)N)cc1)c1cccc(Br)c1)C1CCCCC1.O=C(O)C(F)(F)F. The molecule has 2 aromatic rings. The van der Waals surface area contributed by atoms with E-state index in [9.17, 15) is 27.6 Å². The maximum absolute atomic E-state index is 14.1. The fraction of sp³-hybridized carbons (Fsp3) is 0.486. The van der Waals surface area contributed by atoms with E-state index in [0.717, 1.165) is 47.7 Å². The lowest BCUT2D eigenvalue weighted by Gasteiger charge is -2.32. The smallest absolute Gasteiger partial charge is 0.475 e. The first-order valence-corrected chi connectivity index (χ1v) is 17.6. The molecule has 52 heavy (non-hydrogen) atoms. The third-order valence-electron chi connectivity index (χ3n) is 8.15. The molecule has 2 aromatic carbocycles. The average Bonchev–Trinajstić information content (AvgIpc) is 3.07. The second-order valence-electron chi connectivity index (χ2n) is 12.6. The molecule has 2 amide bonds. The van der Waals surface area contributed by atoms with Gasteiger partial charge in [0.2, 0.25) is 11.8 Å². The number of carbonyl (C=O) groups excluding carboxylic acids is 3. The molecular formula is C35H47BrF3N7O6. The molecule has 0 bridgehead atoms. The number of ether oxygens (including phenoxy) is 1. The Labute approximate surface area is 309 Å². The van der Waals surface area contributed by atoms with Crippen LogP contribution in [0.3, 0.4) is 0 Å². The minimum absolute atomic E-state index is 0.0325. The molecule has 3 atom stereocenters. The zero-order valence-electron chi connectivity index (χ0n) is 29.0.